The van der Waals surface area contributed by atoms with Crippen molar-refractivity contribution in [1.82, 2.24) is 5.43 Å². The fourth-order valence-corrected chi connectivity index (χ4v) is 2.52. The number of nitrogens with one attached hydrogen (secondary N) is 1. The van der Waals surface area contributed by atoms with Gasteiger partial charge in [0.15, 0.2) is 0 Å². The molecule has 14 heavy (non-hydrogen) atoms. The molecule has 3 heteroatoms. The van der Waals surface area contributed by atoms with Crippen LogP contribution in [0.25, 0.3) is 0 Å². The first kappa shape index (κ1) is 10.1. The zero-order chi connectivity index (χ0) is 9.80. The Morgan fingerprint density at radius 1 is 1.57 bits per heavy atom. The molecule has 1 heterocycles. The SMILES string of the molecule is NNC(CCc1cccs1)CC1CC1. The van der Waals surface area contributed by atoms with Gasteiger partial charge in [-0.2, -0.15) is 0 Å². The summed E-state index contributed by atoms with van der Waals surface area (Å²) < 4.78 is 0. The van der Waals surface area contributed by atoms with Crippen molar-refractivity contribution in [3.05, 3.63) is 22.4 Å². The van der Waals surface area contributed by atoms with Crippen LogP contribution in [-0.2, 0) is 6.42 Å². The molecule has 1 aromatic heterocycles. The maximum absolute atomic E-state index is 5.54. The quantitative estimate of drug-likeness (QED) is 0.558. The molecule has 2 rings (SSSR count). The molecule has 0 amide bonds. The van der Waals surface area contributed by atoms with Crippen molar-refractivity contribution in [3.8, 4) is 0 Å². The highest BCUT2D eigenvalue weighted by Gasteiger charge is 2.24. The molecule has 1 unspecified atom stereocenters. The summed E-state index contributed by atoms with van der Waals surface area (Å²) in [5, 5.41) is 2.14. The summed E-state index contributed by atoms with van der Waals surface area (Å²) in [4.78, 5) is 1.47. The van der Waals surface area contributed by atoms with Crippen molar-refractivity contribution < 1.29 is 0 Å². The van der Waals surface area contributed by atoms with Gasteiger partial charge in [0.25, 0.3) is 0 Å². The summed E-state index contributed by atoms with van der Waals surface area (Å²) in [6, 6.07) is 4.84. The fourth-order valence-electron chi connectivity index (χ4n) is 1.80. The molecule has 0 aliphatic heterocycles. The lowest BCUT2D eigenvalue weighted by Gasteiger charge is -2.14. The minimum atomic E-state index is 0.518. The summed E-state index contributed by atoms with van der Waals surface area (Å²) in [6.45, 7) is 0. The van der Waals surface area contributed by atoms with Crippen LogP contribution in [0, 0.1) is 5.92 Å². The molecule has 1 aliphatic rings. The van der Waals surface area contributed by atoms with Crippen LogP contribution in [-0.4, -0.2) is 6.04 Å². The molecule has 78 valence electrons. The standard InChI is InChI=1S/C11H18N2S/c12-13-10(8-9-3-4-9)5-6-11-2-1-7-14-11/h1-2,7,9-10,13H,3-6,8,12H2. The first-order chi connectivity index (χ1) is 6.88. The molecule has 0 radical (unpaired) electrons. The summed E-state index contributed by atoms with van der Waals surface area (Å²) in [6.07, 6.45) is 6.43. The Morgan fingerprint density at radius 2 is 2.43 bits per heavy atom. The Balaban J connectivity index is 1.71. The molecule has 1 aliphatic carbocycles. The highest BCUT2D eigenvalue weighted by atomic mass is 32.1. The molecular weight excluding hydrogens is 192 g/mol. The number of hydrogen-bond donors (Lipinski definition) is 2. The van der Waals surface area contributed by atoms with Crippen LogP contribution in [0.1, 0.15) is 30.6 Å². The first-order valence-electron chi connectivity index (χ1n) is 5.37. The fraction of sp³-hybridized carbons (Fsp3) is 0.636. The van der Waals surface area contributed by atoms with Gasteiger partial charge in [-0.1, -0.05) is 18.9 Å². The van der Waals surface area contributed by atoms with Gasteiger partial charge in [0.05, 0.1) is 0 Å². The predicted molar refractivity (Wildman–Crippen MR) is 61.1 cm³/mol. The predicted octanol–water partition coefficient (Wildman–Crippen LogP) is 2.31. The lowest BCUT2D eigenvalue weighted by molar-refractivity contribution is 0.443. The van der Waals surface area contributed by atoms with E-state index in [0.29, 0.717) is 6.04 Å². The van der Waals surface area contributed by atoms with E-state index in [0.717, 1.165) is 5.92 Å². The van der Waals surface area contributed by atoms with Crippen molar-refractivity contribution in [1.29, 1.82) is 0 Å². The van der Waals surface area contributed by atoms with E-state index in [1.165, 1.54) is 37.0 Å². The molecule has 3 N–H and O–H groups in total. The van der Waals surface area contributed by atoms with Crippen LogP contribution in [0.5, 0.6) is 0 Å². The molecule has 0 saturated heterocycles. The Morgan fingerprint density at radius 3 is 3.00 bits per heavy atom. The highest BCUT2D eigenvalue weighted by molar-refractivity contribution is 7.09. The average Bonchev–Trinajstić information content (AvgIpc) is 2.86. The van der Waals surface area contributed by atoms with E-state index in [4.69, 9.17) is 5.84 Å². The van der Waals surface area contributed by atoms with Crippen LogP contribution in [0.3, 0.4) is 0 Å². The lowest BCUT2D eigenvalue weighted by Crippen LogP contribution is -2.35. The molecule has 1 saturated carbocycles. The minimum absolute atomic E-state index is 0.518. The molecule has 0 spiro atoms. The van der Waals surface area contributed by atoms with E-state index in [1.54, 1.807) is 0 Å². The second kappa shape index (κ2) is 4.91. The normalized spacial score (nSPS) is 18.4. The van der Waals surface area contributed by atoms with Crippen LogP contribution in [0.15, 0.2) is 17.5 Å². The smallest absolute Gasteiger partial charge is 0.0216 e. The van der Waals surface area contributed by atoms with Crippen molar-refractivity contribution >= 4 is 11.3 Å². The van der Waals surface area contributed by atoms with Gasteiger partial charge in [-0.3, -0.25) is 11.3 Å². The van der Waals surface area contributed by atoms with Gasteiger partial charge >= 0.3 is 0 Å². The van der Waals surface area contributed by atoms with Gasteiger partial charge in [-0.15, -0.1) is 11.3 Å². The molecule has 2 nitrogen and oxygen atoms in total. The maximum Gasteiger partial charge on any atom is 0.0216 e. The minimum Gasteiger partial charge on any atom is -0.271 e. The zero-order valence-electron chi connectivity index (χ0n) is 8.41. The Bertz CT molecular complexity index is 254. The number of aryl methyl sites for hydroxylation is 1. The largest absolute Gasteiger partial charge is 0.271 e. The third kappa shape index (κ3) is 3.08. The van der Waals surface area contributed by atoms with Crippen molar-refractivity contribution in [2.75, 3.05) is 0 Å². The van der Waals surface area contributed by atoms with Crippen molar-refractivity contribution in [2.24, 2.45) is 11.8 Å². The number of hydrogen-bond acceptors (Lipinski definition) is 3. The Hall–Kier alpha value is -0.380. The van der Waals surface area contributed by atoms with Crippen LogP contribution < -0.4 is 11.3 Å². The second-order valence-electron chi connectivity index (χ2n) is 4.16. The number of thiophene rings is 1. The summed E-state index contributed by atoms with van der Waals surface area (Å²) in [7, 11) is 0. The first-order valence-corrected chi connectivity index (χ1v) is 6.25. The summed E-state index contributed by atoms with van der Waals surface area (Å²) in [5.41, 5.74) is 2.94. The molecule has 1 aromatic rings. The molecule has 0 bridgehead atoms. The topological polar surface area (TPSA) is 38.0 Å². The highest BCUT2D eigenvalue weighted by Crippen LogP contribution is 2.34. The number of nitrogens with two attached hydrogens (primary N) is 1. The van der Waals surface area contributed by atoms with Gasteiger partial charge in [0, 0.05) is 10.9 Å². The van der Waals surface area contributed by atoms with Crippen molar-refractivity contribution in [3.63, 3.8) is 0 Å². The van der Waals surface area contributed by atoms with Gasteiger partial charge in [-0.05, 0) is 36.6 Å². The zero-order valence-corrected chi connectivity index (χ0v) is 9.22. The number of hydrazine groups is 1. The molecule has 1 atom stereocenters. The van der Waals surface area contributed by atoms with E-state index in [9.17, 15) is 0 Å². The van der Waals surface area contributed by atoms with Crippen LogP contribution >= 0.6 is 11.3 Å². The van der Waals surface area contributed by atoms with Crippen molar-refractivity contribution in [2.45, 2.75) is 38.1 Å². The van der Waals surface area contributed by atoms with E-state index in [-0.39, 0.29) is 0 Å². The van der Waals surface area contributed by atoms with Crippen LogP contribution in [0.4, 0.5) is 0 Å². The third-order valence-electron chi connectivity index (χ3n) is 2.87. The van der Waals surface area contributed by atoms with Gasteiger partial charge in [-0.25, -0.2) is 0 Å². The molecule has 0 aromatic carbocycles. The average molecular weight is 210 g/mol. The maximum atomic E-state index is 5.54. The summed E-state index contributed by atoms with van der Waals surface area (Å²) in [5.74, 6) is 6.50. The van der Waals surface area contributed by atoms with E-state index < -0.39 is 0 Å². The van der Waals surface area contributed by atoms with E-state index >= 15 is 0 Å². The lowest BCUT2D eigenvalue weighted by atomic mass is 10.1. The van der Waals surface area contributed by atoms with E-state index in [1.807, 2.05) is 11.3 Å². The molecular formula is C11H18N2S. The molecule has 1 fully saturated rings. The second-order valence-corrected chi connectivity index (χ2v) is 5.19. The number of rotatable bonds is 6. The third-order valence-corrected chi connectivity index (χ3v) is 3.81. The van der Waals surface area contributed by atoms with Crippen LogP contribution in [0.2, 0.25) is 0 Å². The van der Waals surface area contributed by atoms with Gasteiger partial charge < -0.3 is 0 Å². The Kier molecular flexibility index (Phi) is 3.56. The van der Waals surface area contributed by atoms with Gasteiger partial charge in [0.1, 0.15) is 0 Å². The Labute approximate surface area is 89.5 Å². The van der Waals surface area contributed by atoms with E-state index in [2.05, 4.69) is 22.9 Å². The monoisotopic (exact) mass is 210 g/mol. The summed E-state index contributed by atoms with van der Waals surface area (Å²) >= 11 is 1.84. The van der Waals surface area contributed by atoms with Gasteiger partial charge in [0.2, 0.25) is 0 Å².